The van der Waals surface area contributed by atoms with Gasteiger partial charge in [-0.1, -0.05) is 12.1 Å². The molecule has 0 fully saturated rings. The van der Waals surface area contributed by atoms with E-state index in [0.29, 0.717) is 0 Å². The molecule has 0 amide bonds. The number of hydrogen-bond donors (Lipinski definition) is 0. The van der Waals surface area contributed by atoms with E-state index in [9.17, 15) is 0 Å². The molecule has 0 aliphatic heterocycles. The SMILES string of the molecule is CN(C)c1ccc2cc3ccc(N(C)C)cc3nc2c1.Cl.Cl.[Zn]. The summed E-state index contributed by atoms with van der Waals surface area (Å²) in [6.45, 7) is 0. The van der Waals surface area contributed by atoms with Gasteiger partial charge < -0.3 is 9.80 Å². The van der Waals surface area contributed by atoms with E-state index in [4.69, 9.17) is 4.98 Å². The molecule has 0 bridgehead atoms. The fourth-order valence-electron chi connectivity index (χ4n) is 2.36. The minimum atomic E-state index is 0. The second kappa shape index (κ2) is 8.68. The van der Waals surface area contributed by atoms with E-state index in [0.717, 1.165) is 11.0 Å². The fraction of sp³-hybridized carbons (Fsp3) is 0.235. The van der Waals surface area contributed by atoms with Gasteiger partial charge in [-0.2, -0.15) is 0 Å². The van der Waals surface area contributed by atoms with Crippen LogP contribution in [0.1, 0.15) is 0 Å². The molecule has 2 aromatic carbocycles. The van der Waals surface area contributed by atoms with Crippen LogP contribution in [0.4, 0.5) is 11.4 Å². The third-order valence-corrected chi connectivity index (χ3v) is 3.61. The first-order valence-corrected chi connectivity index (χ1v) is 6.74. The summed E-state index contributed by atoms with van der Waals surface area (Å²) in [5.74, 6) is 0. The first kappa shape index (κ1) is 21.9. The molecular weight excluding hydrogens is 383 g/mol. The number of rotatable bonds is 2. The van der Waals surface area contributed by atoms with Gasteiger partial charge in [0.15, 0.2) is 0 Å². The maximum Gasteiger partial charge on any atom is 0.0730 e. The van der Waals surface area contributed by atoms with E-state index in [1.807, 2.05) is 28.2 Å². The largest absolute Gasteiger partial charge is 0.378 e. The summed E-state index contributed by atoms with van der Waals surface area (Å²) in [6, 6.07) is 15.0. The van der Waals surface area contributed by atoms with Crippen molar-refractivity contribution >= 4 is 58.0 Å². The van der Waals surface area contributed by atoms with Gasteiger partial charge in [-0.25, -0.2) is 4.98 Å². The van der Waals surface area contributed by atoms with Gasteiger partial charge in [0, 0.05) is 69.8 Å². The van der Waals surface area contributed by atoms with Crippen molar-refractivity contribution in [2.75, 3.05) is 38.0 Å². The molecule has 0 N–H and O–H groups in total. The molecule has 1 aromatic heterocycles. The molecule has 0 aliphatic carbocycles. The Bertz CT molecular complexity index is 728. The first-order chi connectivity index (χ1) is 9.54. The van der Waals surface area contributed by atoms with Crippen LogP contribution in [0.5, 0.6) is 0 Å². The van der Waals surface area contributed by atoms with Gasteiger partial charge in [-0.3, -0.25) is 0 Å². The Kier molecular flexibility index (Phi) is 8.27. The summed E-state index contributed by atoms with van der Waals surface area (Å²) in [7, 11) is 8.19. The van der Waals surface area contributed by atoms with E-state index >= 15 is 0 Å². The van der Waals surface area contributed by atoms with Crippen LogP contribution < -0.4 is 9.80 Å². The number of anilines is 2. The Labute approximate surface area is 162 Å². The molecule has 0 saturated heterocycles. The molecule has 3 nitrogen and oxygen atoms in total. The molecule has 120 valence electrons. The number of benzene rings is 2. The average molecular weight is 404 g/mol. The van der Waals surface area contributed by atoms with Crippen molar-refractivity contribution in [3.63, 3.8) is 0 Å². The number of hydrogen-bond acceptors (Lipinski definition) is 3. The van der Waals surface area contributed by atoms with Crippen LogP contribution in [0.25, 0.3) is 21.8 Å². The first-order valence-electron chi connectivity index (χ1n) is 6.74. The molecule has 3 aromatic rings. The van der Waals surface area contributed by atoms with Crippen molar-refractivity contribution in [2.24, 2.45) is 0 Å². The molecule has 1 heterocycles. The zero-order chi connectivity index (χ0) is 14.3. The number of pyridine rings is 1. The van der Waals surface area contributed by atoms with Crippen molar-refractivity contribution < 1.29 is 19.5 Å². The molecule has 6 heteroatoms. The van der Waals surface area contributed by atoms with E-state index in [-0.39, 0.29) is 44.3 Å². The number of nitrogens with zero attached hydrogens (tertiary/aromatic N) is 3. The normalized spacial score (nSPS) is 9.57. The van der Waals surface area contributed by atoms with Gasteiger partial charge in [-0.05, 0) is 30.3 Å². The van der Waals surface area contributed by atoms with Crippen LogP contribution in [0, 0.1) is 0 Å². The summed E-state index contributed by atoms with van der Waals surface area (Å²) in [5, 5.41) is 2.36. The molecule has 0 spiro atoms. The van der Waals surface area contributed by atoms with Crippen LogP contribution in [0.2, 0.25) is 0 Å². The van der Waals surface area contributed by atoms with Gasteiger partial charge in [0.05, 0.1) is 11.0 Å². The molecule has 0 atom stereocenters. The van der Waals surface area contributed by atoms with Crippen molar-refractivity contribution in [3.05, 3.63) is 42.5 Å². The van der Waals surface area contributed by atoms with E-state index in [1.54, 1.807) is 0 Å². The van der Waals surface area contributed by atoms with Gasteiger partial charge in [0.25, 0.3) is 0 Å². The van der Waals surface area contributed by atoms with Gasteiger partial charge >= 0.3 is 0 Å². The average Bonchev–Trinajstić information content (AvgIpc) is 2.43. The molecule has 0 aliphatic rings. The second-order valence-corrected chi connectivity index (χ2v) is 5.53. The third kappa shape index (κ3) is 4.47. The quantitative estimate of drug-likeness (QED) is 0.468. The summed E-state index contributed by atoms with van der Waals surface area (Å²) in [6.07, 6.45) is 0. The molecule has 3 rings (SSSR count). The predicted molar refractivity (Wildman–Crippen MR) is 102 cm³/mol. The standard InChI is InChI=1S/C17H19N3.2ClH.Zn/c1-19(2)14-7-5-12-9-13-6-8-15(20(3)4)11-17(13)18-16(12)10-14;;;/h5-11H,1-4H3;2*1H;. The minimum Gasteiger partial charge on any atom is -0.378 e. The number of halogens is 2. The molecule has 0 radical (unpaired) electrons. The summed E-state index contributed by atoms with van der Waals surface area (Å²) >= 11 is 0. The minimum absolute atomic E-state index is 0. The maximum absolute atomic E-state index is 4.81. The topological polar surface area (TPSA) is 19.4 Å². The zero-order valence-corrected chi connectivity index (χ0v) is 18.5. The zero-order valence-electron chi connectivity index (χ0n) is 13.9. The van der Waals surface area contributed by atoms with Crippen LogP contribution in [0.15, 0.2) is 42.5 Å². The molecule has 0 saturated carbocycles. The van der Waals surface area contributed by atoms with Gasteiger partial charge in [-0.15, -0.1) is 24.8 Å². The van der Waals surface area contributed by atoms with Gasteiger partial charge in [0.2, 0.25) is 0 Å². The Hall–Kier alpha value is -1.09. The predicted octanol–water partition coefficient (Wildman–Crippen LogP) is 4.36. The summed E-state index contributed by atoms with van der Waals surface area (Å²) in [5.41, 5.74) is 4.43. The Morgan fingerprint density at radius 2 is 1.04 bits per heavy atom. The smallest absolute Gasteiger partial charge is 0.0730 e. The van der Waals surface area contributed by atoms with Crippen LogP contribution >= 0.6 is 24.8 Å². The summed E-state index contributed by atoms with van der Waals surface area (Å²) < 4.78 is 0. The fourth-order valence-corrected chi connectivity index (χ4v) is 2.36. The van der Waals surface area contributed by atoms with Crippen molar-refractivity contribution in [2.45, 2.75) is 0 Å². The maximum atomic E-state index is 4.81. The van der Waals surface area contributed by atoms with Crippen LogP contribution in [0.3, 0.4) is 0 Å². The van der Waals surface area contributed by atoms with Crippen molar-refractivity contribution in [1.82, 2.24) is 4.98 Å². The van der Waals surface area contributed by atoms with Gasteiger partial charge in [0.1, 0.15) is 0 Å². The number of aromatic nitrogens is 1. The molecule has 23 heavy (non-hydrogen) atoms. The Balaban J connectivity index is 0.00000161. The monoisotopic (exact) mass is 401 g/mol. The second-order valence-electron chi connectivity index (χ2n) is 5.53. The Morgan fingerprint density at radius 1 is 0.652 bits per heavy atom. The molecular formula is C17H21Cl2N3Zn. The third-order valence-electron chi connectivity index (χ3n) is 3.61. The van der Waals surface area contributed by atoms with Crippen LogP contribution in [-0.2, 0) is 19.5 Å². The van der Waals surface area contributed by atoms with E-state index < -0.39 is 0 Å². The van der Waals surface area contributed by atoms with Crippen LogP contribution in [-0.4, -0.2) is 33.2 Å². The van der Waals surface area contributed by atoms with Crippen molar-refractivity contribution in [3.8, 4) is 0 Å². The number of fused-ring (bicyclic) bond motifs is 2. The van der Waals surface area contributed by atoms with E-state index in [2.05, 4.69) is 52.3 Å². The summed E-state index contributed by atoms with van der Waals surface area (Å²) in [4.78, 5) is 9.01. The van der Waals surface area contributed by atoms with E-state index in [1.165, 1.54) is 22.1 Å². The Morgan fingerprint density at radius 3 is 1.39 bits per heavy atom. The molecule has 0 unspecified atom stereocenters. The van der Waals surface area contributed by atoms with Crippen molar-refractivity contribution in [1.29, 1.82) is 0 Å².